The van der Waals surface area contributed by atoms with Gasteiger partial charge in [-0.2, -0.15) is 5.10 Å². The molecule has 0 atom stereocenters. The molecular formula is C17H32IN5. The van der Waals surface area contributed by atoms with Gasteiger partial charge in [-0.3, -0.25) is 9.67 Å². The minimum absolute atomic E-state index is 0. The second-order valence-corrected chi connectivity index (χ2v) is 6.31. The summed E-state index contributed by atoms with van der Waals surface area (Å²) in [6.45, 7) is 8.96. The Morgan fingerprint density at radius 3 is 2.61 bits per heavy atom. The van der Waals surface area contributed by atoms with Crippen LogP contribution < -0.4 is 10.6 Å². The lowest BCUT2D eigenvalue weighted by Crippen LogP contribution is -2.45. The number of rotatable bonds is 6. The van der Waals surface area contributed by atoms with E-state index in [1.807, 2.05) is 10.9 Å². The molecule has 5 nitrogen and oxygen atoms in total. The fourth-order valence-electron chi connectivity index (χ4n) is 3.08. The maximum Gasteiger partial charge on any atom is 0.191 e. The van der Waals surface area contributed by atoms with Crippen LogP contribution in [0.2, 0.25) is 0 Å². The zero-order valence-electron chi connectivity index (χ0n) is 14.7. The largest absolute Gasteiger partial charge is 0.357 e. The quantitative estimate of drug-likeness (QED) is 0.411. The van der Waals surface area contributed by atoms with Crippen LogP contribution >= 0.6 is 24.0 Å². The van der Waals surface area contributed by atoms with Gasteiger partial charge in [0.15, 0.2) is 5.96 Å². The predicted octanol–water partition coefficient (Wildman–Crippen LogP) is 3.33. The number of hydrogen-bond donors (Lipinski definition) is 2. The summed E-state index contributed by atoms with van der Waals surface area (Å²) in [5.41, 5.74) is 1.20. The van der Waals surface area contributed by atoms with Gasteiger partial charge in [-0.1, -0.05) is 13.3 Å². The highest BCUT2D eigenvalue weighted by Crippen LogP contribution is 2.26. The maximum atomic E-state index is 4.68. The van der Waals surface area contributed by atoms with E-state index < -0.39 is 0 Å². The van der Waals surface area contributed by atoms with Gasteiger partial charge in [0.1, 0.15) is 0 Å². The van der Waals surface area contributed by atoms with Crippen molar-refractivity contribution >= 4 is 29.9 Å². The molecule has 0 amide bonds. The Labute approximate surface area is 157 Å². The summed E-state index contributed by atoms with van der Waals surface area (Å²) in [7, 11) is 0. The van der Waals surface area contributed by atoms with Crippen LogP contribution in [0.15, 0.2) is 17.4 Å². The monoisotopic (exact) mass is 433 g/mol. The molecule has 1 aliphatic carbocycles. The number of guanidine groups is 1. The Morgan fingerprint density at radius 2 is 2.04 bits per heavy atom. The van der Waals surface area contributed by atoms with Gasteiger partial charge < -0.3 is 10.6 Å². The molecule has 0 bridgehead atoms. The molecule has 0 saturated heterocycles. The second kappa shape index (κ2) is 10.9. The highest BCUT2D eigenvalue weighted by molar-refractivity contribution is 14.0. The van der Waals surface area contributed by atoms with Crippen LogP contribution in [-0.2, 0) is 6.54 Å². The summed E-state index contributed by atoms with van der Waals surface area (Å²) in [5.74, 6) is 1.88. The van der Waals surface area contributed by atoms with Crippen LogP contribution in [-0.4, -0.2) is 34.9 Å². The number of aliphatic imine (C=N–C) groups is 1. The summed E-state index contributed by atoms with van der Waals surface area (Å²) >= 11 is 0. The van der Waals surface area contributed by atoms with Crippen molar-refractivity contribution in [2.45, 2.75) is 65.5 Å². The van der Waals surface area contributed by atoms with Crippen molar-refractivity contribution in [1.82, 2.24) is 20.4 Å². The van der Waals surface area contributed by atoms with E-state index in [0.29, 0.717) is 6.04 Å². The van der Waals surface area contributed by atoms with E-state index in [0.717, 1.165) is 31.5 Å². The molecule has 0 unspecified atom stereocenters. The van der Waals surface area contributed by atoms with Crippen molar-refractivity contribution in [2.75, 3.05) is 13.1 Å². The van der Waals surface area contributed by atoms with E-state index in [4.69, 9.17) is 0 Å². The van der Waals surface area contributed by atoms with Gasteiger partial charge >= 0.3 is 0 Å². The molecule has 1 fully saturated rings. The van der Waals surface area contributed by atoms with E-state index in [9.17, 15) is 0 Å². The first kappa shape index (κ1) is 20.3. The Balaban J connectivity index is 0.00000264. The van der Waals surface area contributed by atoms with Crippen LogP contribution in [0, 0.1) is 12.8 Å². The third-order valence-electron chi connectivity index (χ3n) is 4.47. The smallest absolute Gasteiger partial charge is 0.191 e. The fourth-order valence-corrected chi connectivity index (χ4v) is 3.08. The first-order valence-electron chi connectivity index (χ1n) is 8.75. The van der Waals surface area contributed by atoms with Gasteiger partial charge in [0.2, 0.25) is 0 Å². The Kier molecular flexibility index (Phi) is 9.59. The molecule has 23 heavy (non-hydrogen) atoms. The summed E-state index contributed by atoms with van der Waals surface area (Å²) in [6, 6.07) is 0.576. The molecule has 1 heterocycles. The van der Waals surface area contributed by atoms with Crippen LogP contribution in [0.5, 0.6) is 0 Å². The Morgan fingerprint density at radius 1 is 1.30 bits per heavy atom. The first-order chi connectivity index (χ1) is 10.7. The third-order valence-corrected chi connectivity index (χ3v) is 4.47. The Hall–Kier alpha value is -0.790. The number of aryl methyl sites for hydroxylation is 1. The van der Waals surface area contributed by atoms with E-state index >= 15 is 0 Å². The van der Waals surface area contributed by atoms with Crippen molar-refractivity contribution in [3.8, 4) is 0 Å². The zero-order chi connectivity index (χ0) is 15.8. The van der Waals surface area contributed by atoms with Crippen molar-refractivity contribution in [1.29, 1.82) is 0 Å². The average molecular weight is 433 g/mol. The lowest BCUT2D eigenvalue weighted by Gasteiger charge is -2.29. The summed E-state index contributed by atoms with van der Waals surface area (Å²) in [4.78, 5) is 4.68. The molecule has 2 N–H and O–H groups in total. The van der Waals surface area contributed by atoms with Gasteiger partial charge in [-0.25, -0.2) is 0 Å². The van der Waals surface area contributed by atoms with Gasteiger partial charge in [0.25, 0.3) is 0 Å². The molecule has 1 aromatic rings. The average Bonchev–Trinajstić information content (AvgIpc) is 2.94. The third kappa shape index (κ3) is 7.10. The molecule has 2 rings (SSSR count). The van der Waals surface area contributed by atoms with Crippen LogP contribution in [0.25, 0.3) is 0 Å². The molecule has 0 spiro atoms. The van der Waals surface area contributed by atoms with Gasteiger partial charge in [-0.05, 0) is 51.0 Å². The summed E-state index contributed by atoms with van der Waals surface area (Å²) < 4.78 is 1.95. The number of nitrogens with zero attached hydrogens (tertiary/aromatic N) is 3. The predicted molar refractivity (Wildman–Crippen MR) is 108 cm³/mol. The minimum atomic E-state index is 0. The lowest BCUT2D eigenvalue weighted by atomic mass is 9.84. The highest BCUT2D eigenvalue weighted by Gasteiger charge is 2.20. The van der Waals surface area contributed by atoms with Crippen LogP contribution in [0.1, 0.15) is 51.5 Å². The fraction of sp³-hybridized carbons (Fsp3) is 0.765. The SMILES string of the molecule is CCNC(=NCCn1cc(C)cn1)NC1CCC(CC)CC1.I. The number of halogens is 1. The molecular weight excluding hydrogens is 401 g/mol. The molecule has 1 saturated carbocycles. The van der Waals surface area contributed by atoms with Crippen molar-refractivity contribution < 1.29 is 0 Å². The van der Waals surface area contributed by atoms with Crippen molar-refractivity contribution in [3.05, 3.63) is 18.0 Å². The van der Waals surface area contributed by atoms with Gasteiger partial charge in [0.05, 0.1) is 19.3 Å². The summed E-state index contributed by atoms with van der Waals surface area (Å²) in [6.07, 6.45) is 10.5. The van der Waals surface area contributed by atoms with E-state index in [1.54, 1.807) is 0 Å². The molecule has 0 radical (unpaired) electrons. The topological polar surface area (TPSA) is 54.2 Å². The van der Waals surface area contributed by atoms with Crippen LogP contribution in [0.4, 0.5) is 0 Å². The van der Waals surface area contributed by atoms with Crippen LogP contribution in [0.3, 0.4) is 0 Å². The molecule has 6 heteroatoms. The standard InChI is InChI=1S/C17H31N5.HI/c1-4-15-6-8-16(9-7-15)21-17(18-5-2)19-10-11-22-13-14(3)12-20-22;/h12-13,15-16H,4-11H2,1-3H3,(H2,18,19,21);1H. The molecule has 0 aromatic carbocycles. The Bertz CT molecular complexity index is 463. The second-order valence-electron chi connectivity index (χ2n) is 6.31. The number of aromatic nitrogens is 2. The molecule has 0 aliphatic heterocycles. The first-order valence-corrected chi connectivity index (χ1v) is 8.75. The lowest BCUT2D eigenvalue weighted by molar-refractivity contribution is 0.304. The normalized spacial score (nSPS) is 21.6. The number of hydrogen-bond acceptors (Lipinski definition) is 2. The van der Waals surface area contributed by atoms with E-state index in [1.165, 1.54) is 37.7 Å². The summed E-state index contributed by atoms with van der Waals surface area (Å²) in [5, 5.41) is 11.3. The number of nitrogens with one attached hydrogen (secondary N) is 2. The molecule has 1 aromatic heterocycles. The van der Waals surface area contributed by atoms with Crippen molar-refractivity contribution in [2.24, 2.45) is 10.9 Å². The van der Waals surface area contributed by atoms with Gasteiger partial charge in [-0.15, -0.1) is 24.0 Å². The minimum Gasteiger partial charge on any atom is -0.357 e. The molecule has 1 aliphatic rings. The molecule has 132 valence electrons. The van der Waals surface area contributed by atoms with Gasteiger partial charge in [0, 0.05) is 18.8 Å². The van der Waals surface area contributed by atoms with E-state index in [-0.39, 0.29) is 24.0 Å². The maximum absolute atomic E-state index is 4.68. The zero-order valence-corrected chi connectivity index (χ0v) is 17.0. The van der Waals surface area contributed by atoms with E-state index in [2.05, 4.69) is 47.7 Å². The highest BCUT2D eigenvalue weighted by atomic mass is 127. The van der Waals surface area contributed by atoms with Crippen molar-refractivity contribution in [3.63, 3.8) is 0 Å².